The Bertz CT molecular complexity index is 1840. The molecule has 228 valence electrons. The van der Waals surface area contributed by atoms with Crippen LogP contribution < -0.4 is 5.73 Å². The number of nitrogens with zero attached hydrogens (tertiary/aromatic N) is 1. The van der Waals surface area contributed by atoms with Crippen LogP contribution in [0.3, 0.4) is 0 Å². The Morgan fingerprint density at radius 3 is 2.30 bits per heavy atom. The monoisotopic (exact) mass is 596 g/mol. The third kappa shape index (κ3) is 4.10. The molecule has 0 aliphatic heterocycles. The number of carbonyl (C=O) groups excluding carboxylic acids is 3. The maximum atomic E-state index is 14.2. The molecule has 0 saturated carbocycles. The van der Waals surface area contributed by atoms with Crippen molar-refractivity contribution >= 4 is 28.2 Å². The van der Waals surface area contributed by atoms with E-state index in [2.05, 4.69) is 26.0 Å². The quantitative estimate of drug-likeness (QED) is 0.275. The fourth-order valence-electron chi connectivity index (χ4n) is 7.72. The highest BCUT2D eigenvalue weighted by Crippen LogP contribution is 2.53. The number of ketones is 2. The summed E-state index contributed by atoms with van der Waals surface area (Å²) in [6.45, 7) is 4.34. The second kappa shape index (κ2) is 10.3. The maximum Gasteiger partial charge on any atom is 0.255 e. The normalized spacial score (nSPS) is 25.0. The number of hydrogen-bond donors (Lipinski definition) is 5. The summed E-state index contributed by atoms with van der Waals surface area (Å²) in [4.78, 5) is 41.4. The SMILES string of the molecule is CC(C)Cc1ccc(-c2ccc(O)c3c2C[C@H]2C[C@H]4[C@H](N(C)C)C(O)=C(C(N)=O)C(=O)[C@@]4(O)C(O)=C2C3=O)c2ccccc12. The van der Waals surface area contributed by atoms with Crippen LogP contribution in [0.2, 0.25) is 0 Å². The molecule has 6 N–H and O–H groups in total. The molecule has 0 spiro atoms. The minimum Gasteiger partial charge on any atom is -0.510 e. The predicted octanol–water partition coefficient (Wildman–Crippen LogP) is 4.14. The number of aliphatic hydroxyl groups excluding tert-OH is 2. The predicted molar refractivity (Wildman–Crippen MR) is 165 cm³/mol. The molecule has 0 bridgehead atoms. The van der Waals surface area contributed by atoms with Gasteiger partial charge in [0, 0.05) is 11.5 Å². The van der Waals surface area contributed by atoms with Gasteiger partial charge in [-0.1, -0.05) is 56.3 Å². The average molecular weight is 597 g/mol. The number of amides is 1. The summed E-state index contributed by atoms with van der Waals surface area (Å²) >= 11 is 0. The summed E-state index contributed by atoms with van der Waals surface area (Å²) in [5.41, 5.74) is 5.23. The maximum absolute atomic E-state index is 14.2. The van der Waals surface area contributed by atoms with E-state index in [0.717, 1.165) is 28.3 Å². The molecule has 0 heterocycles. The first-order chi connectivity index (χ1) is 20.8. The molecular formula is C35H36N2O7. The molecule has 9 heteroatoms. The Kier molecular flexibility index (Phi) is 6.94. The van der Waals surface area contributed by atoms with Gasteiger partial charge in [-0.2, -0.15) is 0 Å². The molecule has 4 atom stereocenters. The lowest BCUT2D eigenvalue weighted by atomic mass is 9.58. The number of nitrogens with two attached hydrogens (primary N) is 1. The minimum absolute atomic E-state index is 0.00128. The molecule has 0 unspecified atom stereocenters. The fourth-order valence-corrected chi connectivity index (χ4v) is 7.72. The number of benzene rings is 3. The molecular weight excluding hydrogens is 560 g/mol. The van der Waals surface area contributed by atoms with E-state index in [0.29, 0.717) is 11.5 Å². The molecule has 3 aromatic carbocycles. The third-order valence-electron chi connectivity index (χ3n) is 9.54. The Balaban J connectivity index is 1.55. The molecule has 6 rings (SSSR count). The van der Waals surface area contributed by atoms with E-state index in [9.17, 15) is 34.8 Å². The molecule has 3 aromatic rings. The molecule has 3 aliphatic carbocycles. The van der Waals surface area contributed by atoms with E-state index in [1.807, 2.05) is 24.3 Å². The lowest BCUT2D eigenvalue weighted by Gasteiger charge is -2.50. The largest absolute Gasteiger partial charge is 0.510 e. The van der Waals surface area contributed by atoms with E-state index in [1.54, 1.807) is 25.1 Å². The second-order valence-electron chi connectivity index (χ2n) is 12.9. The lowest BCUT2D eigenvalue weighted by molar-refractivity contribution is -0.148. The van der Waals surface area contributed by atoms with Crippen molar-refractivity contribution < 1.29 is 34.8 Å². The van der Waals surface area contributed by atoms with Crippen molar-refractivity contribution in [2.24, 2.45) is 23.5 Å². The number of Topliss-reactive ketones (excluding diaryl/α,β-unsaturated/α-hetero) is 2. The van der Waals surface area contributed by atoms with Crippen LogP contribution in [0, 0.1) is 17.8 Å². The highest BCUT2D eigenvalue weighted by atomic mass is 16.3. The third-order valence-corrected chi connectivity index (χ3v) is 9.54. The van der Waals surface area contributed by atoms with Crippen molar-refractivity contribution in [1.29, 1.82) is 0 Å². The van der Waals surface area contributed by atoms with Gasteiger partial charge in [-0.3, -0.25) is 19.3 Å². The number of rotatable bonds is 5. The first kappa shape index (κ1) is 29.6. The lowest BCUT2D eigenvalue weighted by Crippen LogP contribution is -2.63. The van der Waals surface area contributed by atoms with Gasteiger partial charge in [-0.05, 0) is 84.3 Å². The number of primary amides is 1. The Hall–Kier alpha value is -4.47. The highest BCUT2D eigenvalue weighted by molar-refractivity contribution is 6.25. The van der Waals surface area contributed by atoms with Crippen LogP contribution in [0.4, 0.5) is 0 Å². The number of hydrogen-bond acceptors (Lipinski definition) is 8. The zero-order valence-electron chi connectivity index (χ0n) is 25.1. The summed E-state index contributed by atoms with van der Waals surface area (Å²) in [5, 5.41) is 47.5. The number of phenolic OH excluding ortho intramolecular Hbond substituents is 1. The van der Waals surface area contributed by atoms with E-state index in [1.165, 1.54) is 11.6 Å². The van der Waals surface area contributed by atoms with Crippen molar-refractivity contribution in [3.05, 3.63) is 87.9 Å². The average Bonchev–Trinajstić information content (AvgIpc) is 2.95. The van der Waals surface area contributed by atoms with Crippen LogP contribution >= 0.6 is 0 Å². The number of likely N-dealkylation sites (N-methyl/N-ethyl adjacent to an activating group) is 1. The second-order valence-corrected chi connectivity index (χ2v) is 12.9. The Morgan fingerprint density at radius 2 is 1.66 bits per heavy atom. The van der Waals surface area contributed by atoms with Gasteiger partial charge in [0.1, 0.15) is 22.8 Å². The standard InChI is InChI=1S/C35H36N2O7/c1-16(2)13-17-9-10-21(20-8-6-5-7-19(17)20)22-11-12-25(38)27-23(22)14-18-15-24-29(37(3)4)31(40)28(34(36)43)33(42)35(24,44)32(41)26(18)30(27)39/h5-12,16,18,24,29,38,40-41,44H,13-15H2,1-4H3,(H2,36,43)/t18-,24-,29-,35-/m0/s1. The molecule has 9 nitrogen and oxygen atoms in total. The molecule has 0 aromatic heterocycles. The van der Waals surface area contributed by atoms with Crippen LogP contribution in [-0.4, -0.2) is 68.5 Å². The van der Waals surface area contributed by atoms with Gasteiger partial charge in [-0.25, -0.2) is 0 Å². The molecule has 0 radical (unpaired) electrons. The van der Waals surface area contributed by atoms with Gasteiger partial charge in [0.2, 0.25) is 5.78 Å². The summed E-state index contributed by atoms with van der Waals surface area (Å²) in [5.74, 6) is -6.21. The van der Waals surface area contributed by atoms with Crippen LogP contribution in [0.5, 0.6) is 5.75 Å². The molecule has 3 aliphatic rings. The molecule has 1 amide bonds. The van der Waals surface area contributed by atoms with Gasteiger partial charge >= 0.3 is 0 Å². The summed E-state index contributed by atoms with van der Waals surface area (Å²) in [6, 6.07) is 14.4. The van der Waals surface area contributed by atoms with Crippen LogP contribution in [0.25, 0.3) is 21.9 Å². The van der Waals surface area contributed by atoms with Crippen molar-refractivity contribution in [1.82, 2.24) is 4.90 Å². The smallest absolute Gasteiger partial charge is 0.255 e. The van der Waals surface area contributed by atoms with Gasteiger partial charge in [0.25, 0.3) is 5.91 Å². The van der Waals surface area contributed by atoms with E-state index >= 15 is 0 Å². The van der Waals surface area contributed by atoms with Crippen molar-refractivity contribution in [2.45, 2.75) is 44.8 Å². The van der Waals surface area contributed by atoms with Crippen molar-refractivity contribution in [3.63, 3.8) is 0 Å². The minimum atomic E-state index is -2.67. The summed E-state index contributed by atoms with van der Waals surface area (Å²) < 4.78 is 0. The fraction of sp³-hybridized carbons (Fsp3) is 0.343. The Labute approximate surface area is 254 Å². The molecule has 0 fully saturated rings. The molecule has 44 heavy (non-hydrogen) atoms. The summed E-state index contributed by atoms with van der Waals surface area (Å²) in [6.07, 6.45) is 1.16. The van der Waals surface area contributed by atoms with Gasteiger partial charge < -0.3 is 26.2 Å². The number of fused-ring (bicyclic) bond motifs is 4. The summed E-state index contributed by atoms with van der Waals surface area (Å²) in [7, 11) is 3.22. The number of aliphatic hydroxyl groups is 3. The number of carbonyl (C=O) groups is 3. The van der Waals surface area contributed by atoms with Crippen LogP contribution in [0.1, 0.15) is 41.8 Å². The van der Waals surface area contributed by atoms with Crippen molar-refractivity contribution in [3.8, 4) is 16.9 Å². The van der Waals surface area contributed by atoms with Gasteiger partial charge in [0.15, 0.2) is 11.4 Å². The van der Waals surface area contributed by atoms with E-state index in [-0.39, 0.29) is 29.7 Å². The van der Waals surface area contributed by atoms with E-state index < -0.39 is 58.0 Å². The highest BCUT2D eigenvalue weighted by Gasteiger charge is 2.63. The number of allylic oxidation sites excluding steroid dienone is 1. The van der Waals surface area contributed by atoms with Crippen LogP contribution in [0.15, 0.2) is 71.2 Å². The van der Waals surface area contributed by atoms with Crippen LogP contribution in [-0.2, 0) is 22.4 Å². The van der Waals surface area contributed by atoms with Crippen molar-refractivity contribution in [2.75, 3.05) is 14.1 Å². The Morgan fingerprint density at radius 1 is 1.00 bits per heavy atom. The molecule has 0 saturated heterocycles. The number of phenols is 1. The first-order valence-corrected chi connectivity index (χ1v) is 14.8. The zero-order valence-corrected chi connectivity index (χ0v) is 25.1. The van der Waals surface area contributed by atoms with Gasteiger partial charge in [0.05, 0.1) is 11.6 Å². The number of aromatic hydroxyl groups is 1. The van der Waals surface area contributed by atoms with Gasteiger partial charge in [-0.15, -0.1) is 0 Å². The topological polar surface area (TPSA) is 161 Å². The van der Waals surface area contributed by atoms with E-state index in [4.69, 9.17) is 5.73 Å². The zero-order chi connectivity index (χ0) is 31.8. The first-order valence-electron chi connectivity index (χ1n) is 14.8.